The Hall–Kier alpha value is -1.81. The predicted octanol–water partition coefficient (Wildman–Crippen LogP) is 3.02. The van der Waals surface area contributed by atoms with Crippen molar-refractivity contribution in [3.05, 3.63) is 35.0 Å². The fraction of sp³-hybridized carbons (Fsp3) is 0.471. The summed E-state index contributed by atoms with van der Waals surface area (Å²) in [7, 11) is 0. The van der Waals surface area contributed by atoms with Gasteiger partial charge in [0.05, 0.1) is 0 Å². The van der Waals surface area contributed by atoms with Gasteiger partial charge in [-0.15, -0.1) is 0 Å². The van der Waals surface area contributed by atoms with Crippen LogP contribution in [0.25, 0.3) is 10.9 Å². The van der Waals surface area contributed by atoms with Gasteiger partial charge in [0.2, 0.25) is 0 Å². The molecule has 1 heterocycles. The molecule has 21 heavy (non-hydrogen) atoms. The van der Waals surface area contributed by atoms with E-state index in [2.05, 4.69) is 11.9 Å². The van der Waals surface area contributed by atoms with E-state index in [1.54, 1.807) is 0 Å². The van der Waals surface area contributed by atoms with Crippen molar-refractivity contribution in [2.24, 2.45) is 0 Å². The summed E-state index contributed by atoms with van der Waals surface area (Å²) in [5.41, 5.74) is 4.09. The monoisotopic (exact) mass is 288 g/mol. The Labute approximate surface area is 125 Å². The first-order chi connectivity index (χ1) is 9.95. The molecule has 0 aliphatic rings. The molecule has 1 amide bonds. The summed E-state index contributed by atoms with van der Waals surface area (Å²) in [6.45, 7) is 8.79. The van der Waals surface area contributed by atoms with Crippen LogP contribution in [0, 0.1) is 13.8 Å². The number of aryl methyl sites for hydroxylation is 2. The van der Waals surface area contributed by atoms with Crippen LogP contribution in [0.5, 0.6) is 0 Å². The number of amides is 1. The molecule has 114 valence electrons. The molecule has 0 radical (unpaired) electrons. The molecule has 2 rings (SSSR count). The Morgan fingerprint density at radius 3 is 2.67 bits per heavy atom. The number of aromatic amines is 1. The molecule has 0 spiro atoms. The molecule has 0 unspecified atom stereocenters. The molecule has 0 bridgehead atoms. The van der Waals surface area contributed by atoms with Crippen molar-refractivity contribution in [1.82, 2.24) is 9.88 Å². The number of carbonyl (C=O) groups is 1. The van der Waals surface area contributed by atoms with E-state index in [-0.39, 0.29) is 18.6 Å². The number of benzene rings is 1. The van der Waals surface area contributed by atoms with Crippen molar-refractivity contribution in [3.8, 4) is 0 Å². The van der Waals surface area contributed by atoms with E-state index >= 15 is 0 Å². The highest BCUT2D eigenvalue weighted by Crippen LogP contribution is 2.23. The zero-order chi connectivity index (χ0) is 15.6. The van der Waals surface area contributed by atoms with Crippen molar-refractivity contribution < 1.29 is 9.90 Å². The number of carbonyl (C=O) groups excluding carboxylic acids is 1. The maximum Gasteiger partial charge on any atom is 0.254 e. The minimum Gasteiger partial charge on any atom is -0.396 e. The molecule has 0 saturated carbocycles. The summed E-state index contributed by atoms with van der Waals surface area (Å²) >= 11 is 0. The van der Waals surface area contributed by atoms with Crippen LogP contribution in [-0.2, 0) is 0 Å². The zero-order valence-electron chi connectivity index (χ0n) is 13.2. The Morgan fingerprint density at radius 1 is 1.33 bits per heavy atom. The number of fused-ring (bicyclic) bond motifs is 1. The SMILES string of the molecule is Cc1[nH]c2ccc(C(=O)N(CCCO)C(C)C)cc2c1C. The Balaban J connectivity index is 2.35. The minimum atomic E-state index is 0.0265. The van der Waals surface area contributed by atoms with Crippen molar-refractivity contribution in [3.63, 3.8) is 0 Å². The molecule has 4 nitrogen and oxygen atoms in total. The lowest BCUT2D eigenvalue weighted by Crippen LogP contribution is -2.38. The van der Waals surface area contributed by atoms with Crippen molar-refractivity contribution in [2.45, 2.75) is 40.2 Å². The Bertz CT molecular complexity index is 644. The first kappa shape index (κ1) is 15.6. The van der Waals surface area contributed by atoms with Crippen LogP contribution in [0.15, 0.2) is 18.2 Å². The molecule has 0 saturated heterocycles. The smallest absolute Gasteiger partial charge is 0.254 e. The molecular formula is C17H24N2O2. The molecule has 0 fully saturated rings. The third-order valence-electron chi connectivity index (χ3n) is 4.00. The standard InChI is InChI=1S/C17H24N2O2/c1-11(2)19(8-5-9-20)17(21)14-6-7-16-15(10-14)12(3)13(4)18-16/h6-7,10-11,18,20H,5,8-9H2,1-4H3. The lowest BCUT2D eigenvalue weighted by molar-refractivity contribution is 0.0693. The molecule has 2 aromatic rings. The van der Waals surface area contributed by atoms with Crippen molar-refractivity contribution in [2.75, 3.05) is 13.2 Å². The van der Waals surface area contributed by atoms with Gasteiger partial charge in [0.1, 0.15) is 0 Å². The normalized spacial score (nSPS) is 11.3. The predicted molar refractivity (Wildman–Crippen MR) is 85.6 cm³/mol. The fourth-order valence-corrected chi connectivity index (χ4v) is 2.60. The lowest BCUT2D eigenvalue weighted by atomic mass is 10.1. The van der Waals surface area contributed by atoms with Gasteiger partial charge in [0, 0.05) is 41.4 Å². The highest BCUT2D eigenvalue weighted by atomic mass is 16.3. The van der Waals surface area contributed by atoms with Crippen LogP contribution in [0.4, 0.5) is 0 Å². The number of nitrogens with one attached hydrogen (secondary N) is 1. The lowest BCUT2D eigenvalue weighted by Gasteiger charge is -2.26. The van der Waals surface area contributed by atoms with Crippen LogP contribution in [-0.4, -0.2) is 40.1 Å². The van der Waals surface area contributed by atoms with Gasteiger partial charge in [-0.1, -0.05) is 0 Å². The maximum atomic E-state index is 12.7. The number of hydrogen-bond donors (Lipinski definition) is 2. The van der Waals surface area contributed by atoms with E-state index in [4.69, 9.17) is 5.11 Å². The van der Waals surface area contributed by atoms with E-state index in [9.17, 15) is 4.79 Å². The van der Waals surface area contributed by atoms with E-state index in [1.807, 2.05) is 43.9 Å². The highest BCUT2D eigenvalue weighted by molar-refractivity contribution is 5.99. The number of aromatic nitrogens is 1. The Kier molecular flexibility index (Phi) is 4.68. The van der Waals surface area contributed by atoms with Gasteiger partial charge in [0.15, 0.2) is 0 Å². The maximum absolute atomic E-state index is 12.7. The first-order valence-corrected chi connectivity index (χ1v) is 7.46. The number of aliphatic hydroxyl groups excluding tert-OH is 1. The molecule has 0 atom stereocenters. The Morgan fingerprint density at radius 2 is 2.05 bits per heavy atom. The van der Waals surface area contributed by atoms with Crippen molar-refractivity contribution >= 4 is 16.8 Å². The van der Waals surface area contributed by atoms with Crippen LogP contribution in [0.1, 0.15) is 41.9 Å². The highest BCUT2D eigenvalue weighted by Gasteiger charge is 2.19. The molecular weight excluding hydrogens is 264 g/mol. The average Bonchev–Trinajstić information content (AvgIpc) is 2.73. The van der Waals surface area contributed by atoms with Gasteiger partial charge in [-0.25, -0.2) is 0 Å². The van der Waals surface area contributed by atoms with E-state index in [1.165, 1.54) is 5.56 Å². The van der Waals surface area contributed by atoms with Crippen molar-refractivity contribution in [1.29, 1.82) is 0 Å². The van der Waals surface area contributed by atoms with Gasteiger partial charge in [0.25, 0.3) is 5.91 Å². The van der Waals surface area contributed by atoms with Gasteiger partial charge < -0.3 is 15.0 Å². The molecule has 1 aromatic heterocycles. The van der Waals surface area contributed by atoms with Gasteiger partial charge in [-0.05, 0) is 57.9 Å². The largest absolute Gasteiger partial charge is 0.396 e. The quantitative estimate of drug-likeness (QED) is 0.888. The van der Waals surface area contributed by atoms with Gasteiger partial charge in [-0.2, -0.15) is 0 Å². The third-order valence-corrected chi connectivity index (χ3v) is 4.00. The number of nitrogens with zero attached hydrogens (tertiary/aromatic N) is 1. The van der Waals surface area contributed by atoms with E-state index < -0.39 is 0 Å². The fourth-order valence-electron chi connectivity index (χ4n) is 2.60. The summed E-state index contributed by atoms with van der Waals surface area (Å²) < 4.78 is 0. The van der Waals surface area contributed by atoms with E-state index in [0.29, 0.717) is 18.5 Å². The summed E-state index contributed by atoms with van der Waals surface area (Å²) in [6.07, 6.45) is 0.606. The van der Waals surface area contributed by atoms with Crippen LogP contribution in [0.2, 0.25) is 0 Å². The summed E-state index contributed by atoms with van der Waals surface area (Å²) in [6, 6.07) is 5.92. The summed E-state index contributed by atoms with van der Waals surface area (Å²) in [5, 5.41) is 10.1. The number of hydrogen-bond acceptors (Lipinski definition) is 2. The first-order valence-electron chi connectivity index (χ1n) is 7.46. The second kappa shape index (κ2) is 6.31. The second-order valence-corrected chi connectivity index (χ2v) is 5.80. The molecule has 0 aliphatic heterocycles. The van der Waals surface area contributed by atoms with Crippen LogP contribution < -0.4 is 0 Å². The number of rotatable bonds is 5. The average molecular weight is 288 g/mol. The second-order valence-electron chi connectivity index (χ2n) is 5.80. The molecule has 4 heteroatoms. The number of aliphatic hydroxyl groups is 1. The number of H-pyrrole nitrogens is 1. The van der Waals surface area contributed by atoms with E-state index in [0.717, 1.165) is 16.6 Å². The zero-order valence-corrected chi connectivity index (χ0v) is 13.2. The minimum absolute atomic E-state index is 0.0265. The van der Waals surface area contributed by atoms with Crippen LogP contribution in [0.3, 0.4) is 0 Å². The van der Waals surface area contributed by atoms with Gasteiger partial charge >= 0.3 is 0 Å². The topological polar surface area (TPSA) is 56.3 Å². The third kappa shape index (κ3) is 3.10. The summed E-state index contributed by atoms with van der Waals surface area (Å²) in [5.74, 6) is 0.0265. The summed E-state index contributed by atoms with van der Waals surface area (Å²) in [4.78, 5) is 17.8. The van der Waals surface area contributed by atoms with Gasteiger partial charge in [-0.3, -0.25) is 4.79 Å². The molecule has 1 aromatic carbocycles. The molecule has 0 aliphatic carbocycles. The van der Waals surface area contributed by atoms with Crippen LogP contribution >= 0.6 is 0 Å². The molecule has 2 N–H and O–H groups in total.